The number of hydrogen-bond donors (Lipinski definition) is 2. The van der Waals surface area contributed by atoms with E-state index in [9.17, 15) is 9.59 Å². The highest BCUT2D eigenvalue weighted by Crippen LogP contribution is 2.28. The van der Waals surface area contributed by atoms with Crippen LogP contribution in [0.5, 0.6) is 17.2 Å². The van der Waals surface area contributed by atoms with Gasteiger partial charge in [-0.1, -0.05) is 18.7 Å². The highest BCUT2D eigenvalue weighted by Gasteiger charge is 2.07. The number of hydrazine groups is 1. The van der Waals surface area contributed by atoms with E-state index in [-0.39, 0.29) is 0 Å². The van der Waals surface area contributed by atoms with Crippen molar-refractivity contribution in [2.45, 2.75) is 6.92 Å². The summed E-state index contributed by atoms with van der Waals surface area (Å²) in [5.41, 5.74) is 5.83. The highest BCUT2D eigenvalue weighted by atomic mass is 16.5. The number of ether oxygens (including phenoxy) is 3. The van der Waals surface area contributed by atoms with Crippen molar-refractivity contribution in [2.75, 3.05) is 20.3 Å². The molecule has 0 heterocycles. The van der Waals surface area contributed by atoms with Crippen LogP contribution in [0.15, 0.2) is 61.2 Å². The summed E-state index contributed by atoms with van der Waals surface area (Å²) in [6.07, 6.45) is 4.54. The van der Waals surface area contributed by atoms with Crippen LogP contribution >= 0.6 is 0 Å². The van der Waals surface area contributed by atoms with E-state index in [4.69, 9.17) is 14.2 Å². The van der Waals surface area contributed by atoms with Gasteiger partial charge in [0.05, 0.1) is 13.7 Å². The summed E-state index contributed by atoms with van der Waals surface area (Å²) in [6, 6.07) is 11.9. The summed E-state index contributed by atoms with van der Waals surface area (Å²) in [5.74, 6) is 0.887. The molecule has 0 aliphatic carbocycles. The minimum atomic E-state index is -0.477. The fourth-order valence-electron chi connectivity index (χ4n) is 2.33. The second-order valence-electron chi connectivity index (χ2n) is 5.74. The van der Waals surface area contributed by atoms with Crippen molar-refractivity contribution in [3.8, 4) is 17.2 Å². The summed E-state index contributed by atoms with van der Waals surface area (Å²) in [7, 11) is 1.53. The van der Waals surface area contributed by atoms with E-state index in [2.05, 4.69) is 17.4 Å². The summed E-state index contributed by atoms with van der Waals surface area (Å²) < 4.78 is 16.1. The average molecular weight is 396 g/mol. The largest absolute Gasteiger partial charge is 0.494 e. The Morgan fingerprint density at radius 1 is 1.03 bits per heavy atom. The standard InChI is InChI=1S/C22H24N2O5/c1-4-14-29-19-12-6-16(15-20(19)27-3)7-13-21(25)23-24-22(26)17-8-10-18(11-9-17)28-5-2/h4,6-13,15H,1,5,14H2,2-3H3,(H,23,25)(H,24,26)/b13-7+. The van der Waals surface area contributed by atoms with Gasteiger partial charge in [-0.05, 0) is 55.0 Å². The van der Waals surface area contributed by atoms with Crippen LogP contribution in [-0.2, 0) is 4.79 Å². The van der Waals surface area contributed by atoms with E-state index >= 15 is 0 Å². The molecule has 0 spiro atoms. The Labute approximate surface area is 169 Å². The van der Waals surface area contributed by atoms with Crippen molar-refractivity contribution in [1.82, 2.24) is 10.9 Å². The summed E-state index contributed by atoms with van der Waals surface area (Å²) in [6.45, 7) is 6.39. The Kier molecular flexibility index (Phi) is 8.31. The Hall–Kier alpha value is -3.74. The molecule has 152 valence electrons. The second kappa shape index (κ2) is 11.2. The van der Waals surface area contributed by atoms with Crippen LogP contribution in [0.1, 0.15) is 22.8 Å². The third-order valence-corrected chi connectivity index (χ3v) is 3.70. The van der Waals surface area contributed by atoms with E-state index in [1.165, 1.54) is 13.2 Å². The third-order valence-electron chi connectivity index (χ3n) is 3.70. The predicted molar refractivity (Wildman–Crippen MR) is 111 cm³/mol. The predicted octanol–water partition coefficient (Wildman–Crippen LogP) is 3.13. The fraction of sp³-hybridized carbons (Fsp3) is 0.182. The lowest BCUT2D eigenvalue weighted by Crippen LogP contribution is -2.40. The molecule has 0 unspecified atom stereocenters. The molecule has 0 saturated heterocycles. The van der Waals surface area contributed by atoms with Gasteiger partial charge in [-0.2, -0.15) is 0 Å². The fourth-order valence-corrected chi connectivity index (χ4v) is 2.33. The maximum absolute atomic E-state index is 12.1. The van der Waals surface area contributed by atoms with Gasteiger partial charge in [0.25, 0.3) is 11.8 Å². The first kappa shape index (κ1) is 21.6. The van der Waals surface area contributed by atoms with Gasteiger partial charge in [0.1, 0.15) is 12.4 Å². The van der Waals surface area contributed by atoms with Crippen molar-refractivity contribution < 1.29 is 23.8 Å². The molecule has 2 rings (SSSR count). The van der Waals surface area contributed by atoms with E-state index < -0.39 is 11.8 Å². The molecule has 0 bridgehead atoms. The highest BCUT2D eigenvalue weighted by molar-refractivity contribution is 5.98. The molecule has 0 fully saturated rings. The molecular formula is C22H24N2O5. The van der Waals surface area contributed by atoms with Crippen LogP contribution in [-0.4, -0.2) is 32.1 Å². The Morgan fingerprint density at radius 2 is 1.79 bits per heavy atom. The van der Waals surface area contributed by atoms with Gasteiger partial charge >= 0.3 is 0 Å². The van der Waals surface area contributed by atoms with Crippen molar-refractivity contribution in [3.63, 3.8) is 0 Å². The lowest BCUT2D eigenvalue weighted by atomic mass is 10.2. The lowest BCUT2D eigenvalue weighted by molar-refractivity contribution is -0.117. The van der Waals surface area contributed by atoms with Crippen molar-refractivity contribution >= 4 is 17.9 Å². The lowest BCUT2D eigenvalue weighted by Gasteiger charge is -2.09. The average Bonchev–Trinajstić information content (AvgIpc) is 2.75. The molecule has 2 amide bonds. The van der Waals surface area contributed by atoms with E-state index in [1.54, 1.807) is 54.6 Å². The van der Waals surface area contributed by atoms with Gasteiger partial charge in [-0.15, -0.1) is 0 Å². The maximum Gasteiger partial charge on any atom is 0.269 e. The van der Waals surface area contributed by atoms with Gasteiger partial charge in [0.15, 0.2) is 11.5 Å². The van der Waals surface area contributed by atoms with Gasteiger partial charge in [-0.3, -0.25) is 20.4 Å². The van der Waals surface area contributed by atoms with E-state index in [1.807, 2.05) is 6.92 Å². The SMILES string of the molecule is C=CCOc1ccc(/C=C/C(=O)NNC(=O)c2ccc(OCC)cc2)cc1OC. The van der Waals surface area contributed by atoms with Gasteiger partial charge in [0, 0.05) is 11.6 Å². The summed E-state index contributed by atoms with van der Waals surface area (Å²) in [5, 5.41) is 0. The molecular weight excluding hydrogens is 372 g/mol. The van der Waals surface area contributed by atoms with Gasteiger partial charge in [-0.25, -0.2) is 0 Å². The smallest absolute Gasteiger partial charge is 0.269 e. The molecule has 0 radical (unpaired) electrons. The monoisotopic (exact) mass is 396 g/mol. The minimum Gasteiger partial charge on any atom is -0.494 e. The molecule has 29 heavy (non-hydrogen) atoms. The molecule has 0 aliphatic rings. The normalized spacial score (nSPS) is 10.3. The molecule has 0 atom stereocenters. The number of benzene rings is 2. The zero-order valence-electron chi connectivity index (χ0n) is 16.4. The summed E-state index contributed by atoms with van der Waals surface area (Å²) >= 11 is 0. The minimum absolute atomic E-state index is 0.363. The molecule has 2 aromatic carbocycles. The first-order chi connectivity index (χ1) is 14.1. The zero-order valence-corrected chi connectivity index (χ0v) is 16.4. The topological polar surface area (TPSA) is 85.9 Å². The number of carbonyl (C=O) groups is 2. The van der Waals surface area contributed by atoms with Gasteiger partial charge < -0.3 is 14.2 Å². The molecule has 0 saturated carbocycles. The van der Waals surface area contributed by atoms with Crippen LogP contribution in [0, 0.1) is 0 Å². The molecule has 0 aliphatic heterocycles. The van der Waals surface area contributed by atoms with Crippen LogP contribution in [0.4, 0.5) is 0 Å². The zero-order chi connectivity index (χ0) is 21.1. The molecule has 2 aromatic rings. The van der Waals surface area contributed by atoms with Crippen LogP contribution in [0.25, 0.3) is 6.08 Å². The number of rotatable bonds is 9. The molecule has 7 heteroatoms. The molecule has 7 nitrogen and oxygen atoms in total. The van der Waals surface area contributed by atoms with Crippen molar-refractivity contribution in [2.24, 2.45) is 0 Å². The summed E-state index contributed by atoms with van der Waals surface area (Å²) in [4.78, 5) is 24.0. The Balaban J connectivity index is 1.90. The van der Waals surface area contributed by atoms with Crippen molar-refractivity contribution in [1.29, 1.82) is 0 Å². The number of carbonyl (C=O) groups excluding carboxylic acids is 2. The number of hydrogen-bond acceptors (Lipinski definition) is 5. The second-order valence-corrected chi connectivity index (χ2v) is 5.74. The van der Waals surface area contributed by atoms with Gasteiger partial charge in [0.2, 0.25) is 0 Å². The number of methoxy groups -OCH3 is 1. The number of amides is 2. The van der Waals surface area contributed by atoms with Crippen molar-refractivity contribution in [3.05, 3.63) is 72.3 Å². The first-order valence-corrected chi connectivity index (χ1v) is 9.00. The van der Waals surface area contributed by atoms with Crippen LogP contribution in [0.3, 0.4) is 0 Å². The van der Waals surface area contributed by atoms with E-state index in [0.717, 1.165) is 5.56 Å². The Bertz CT molecular complexity index is 875. The van der Waals surface area contributed by atoms with Crippen LogP contribution < -0.4 is 25.1 Å². The number of nitrogens with one attached hydrogen (secondary N) is 2. The quantitative estimate of drug-likeness (QED) is 0.386. The molecule has 0 aromatic heterocycles. The maximum atomic E-state index is 12.1. The Morgan fingerprint density at radius 3 is 2.45 bits per heavy atom. The molecule has 2 N–H and O–H groups in total. The van der Waals surface area contributed by atoms with E-state index in [0.29, 0.717) is 36.0 Å². The van der Waals surface area contributed by atoms with Crippen LogP contribution in [0.2, 0.25) is 0 Å². The first-order valence-electron chi connectivity index (χ1n) is 9.00. The third kappa shape index (κ3) is 6.73.